The number of hydrogen-bond acceptors (Lipinski definition) is 2. The molecule has 3 unspecified atom stereocenters. The Hall–Kier alpha value is -0.0800. The van der Waals surface area contributed by atoms with E-state index in [9.17, 15) is 5.11 Å². The highest BCUT2D eigenvalue weighted by molar-refractivity contribution is 4.83. The number of aliphatic hydroxyl groups excluding tert-OH is 1. The summed E-state index contributed by atoms with van der Waals surface area (Å²) >= 11 is 0. The molecule has 12 heavy (non-hydrogen) atoms. The lowest BCUT2D eigenvalue weighted by Gasteiger charge is -2.41. The van der Waals surface area contributed by atoms with Gasteiger partial charge in [0.15, 0.2) is 6.29 Å². The molecule has 0 aromatic heterocycles. The zero-order valence-electron chi connectivity index (χ0n) is 7.70. The lowest BCUT2D eigenvalue weighted by atomic mass is 9.71. The summed E-state index contributed by atoms with van der Waals surface area (Å²) in [5, 5.41) is 9.31. The summed E-state index contributed by atoms with van der Waals surface area (Å²) in [6, 6.07) is 0. The Bertz CT molecular complexity index is 158. The maximum atomic E-state index is 9.31. The first-order valence-electron chi connectivity index (χ1n) is 5.07. The van der Waals surface area contributed by atoms with Crippen molar-refractivity contribution >= 4 is 0 Å². The summed E-state index contributed by atoms with van der Waals surface area (Å²) in [4.78, 5) is 0. The molecule has 0 amide bonds. The summed E-state index contributed by atoms with van der Waals surface area (Å²) < 4.78 is 5.27. The van der Waals surface area contributed by atoms with Gasteiger partial charge in [0.2, 0.25) is 0 Å². The first-order valence-corrected chi connectivity index (χ1v) is 5.07. The molecule has 1 N–H and O–H groups in total. The molecule has 4 atom stereocenters. The predicted molar refractivity (Wildman–Crippen MR) is 46.6 cm³/mol. The number of rotatable bonds is 0. The SMILES string of the molecule is CC1CCCC2C[C@H](O)OCC12. The largest absolute Gasteiger partial charge is 0.368 e. The van der Waals surface area contributed by atoms with Crippen LogP contribution in [0, 0.1) is 17.8 Å². The van der Waals surface area contributed by atoms with Crippen LogP contribution in [0.3, 0.4) is 0 Å². The predicted octanol–water partition coefficient (Wildman–Crippen LogP) is 1.78. The van der Waals surface area contributed by atoms with Crippen molar-refractivity contribution in [1.82, 2.24) is 0 Å². The quantitative estimate of drug-likeness (QED) is 0.600. The van der Waals surface area contributed by atoms with Gasteiger partial charge >= 0.3 is 0 Å². The van der Waals surface area contributed by atoms with Gasteiger partial charge < -0.3 is 9.84 Å². The maximum absolute atomic E-state index is 9.31. The molecular weight excluding hydrogens is 152 g/mol. The number of aliphatic hydroxyl groups is 1. The van der Waals surface area contributed by atoms with E-state index in [0.29, 0.717) is 0 Å². The van der Waals surface area contributed by atoms with Crippen LogP contribution in [0.5, 0.6) is 0 Å². The summed E-state index contributed by atoms with van der Waals surface area (Å²) in [5.41, 5.74) is 0. The summed E-state index contributed by atoms with van der Waals surface area (Å²) in [6.45, 7) is 3.10. The van der Waals surface area contributed by atoms with Gasteiger partial charge in [-0.05, 0) is 24.2 Å². The third-order valence-electron chi connectivity index (χ3n) is 3.56. The molecule has 1 aliphatic carbocycles. The molecular formula is C10H18O2. The van der Waals surface area contributed by atoms with E-state index >= 15 is 0 Å². The molecule has 70 valence electrons. The average Bonchev–Trinajstić information content (AvgIpc) is 2.04. The first kappa shape index (κ1) is 8.52. The van der Waals surface area contributed by atoms with Crippen molar-refractivity contribution < 1.29 is 9.84 Å². The molecule has 1 saturated carbocycles. The van der Waals surface area contributed by atoms with Gasteiger partial charge in [-0.15, -0.1) is 0 Å². The molecule has 0 radical (unpaired) electrons. The molecule has 0 bridgehead atoms. The average molecular weight is 170 g/mol. The molecule has 2 fully saturated rings. The Morgan fingerprint density at radius 3 is 3.00 bits per heavy atom. The number of fused-ring (bicyclic) bond motifs is 1. The second kappa shape index (κ2) is 3.35. The molecule has 0 aromatic carbocycles. The zero-order chi connectivity index (χ0) is 8.55. The summed E-state index contributed by atoms with van der Waals surface area (Å²) in [5.74, 6) is 2.26. The lowest BCUT2D eigenvalue weighted by molar-refractivity contribution is -0.172. The standard InChI is InChI=1S/C10H18O2/c1-7-3-2-4-8-5-10(11)12-6-9(7)8/h7-11H,2-6H2,1H3/t7?,8?,9?,10-/m1/s1. The van der Waals surface area contributed by atoms with Crippen molar-refractivity contribution in [3.05, 3.63) is 0 Å². The third kappa shape index (κ3) is 1.50. The Morgan fingerprint density at radius 1 is 1.33 bits per heavy atom. The minimum atomic E-state index is -0.475. The summed E-state index contributed by atoms with van der Waals surface area (Å²) in [6.07, 6.45) is 4.39. The second-order valence-electron chi connectivity index (χ2n) is 4.36. The molecule has 2 nitrogen and oxygen atoms in total. The summed E-state index contributed by atoms with van der Waals surface area (Å²) in [7, 11) is 0. The maximum Gasteiger partial charge on any atom is 0.154 e. The highest BCUT2D eigenvalue weighted by atomic mass is 16.6. The van der Waals surface area contributed by atoms with Crippen molar-refractivity contribution in [3.8, 4) is 0 Å². The third-order valence-corrected chi connectivity index (χ3v) is 3.56. The molecule has 2 rings (SSSR count). The minimum absolute atomic E-state index is 0.475. The van der Waals surface area contributed by atoms with Crippen LogP contribution in [0.4, 0.5) is 0 Å². The van der Waals surface area contributed by atoms with E-state index in [2.05, 4.69) is 6.92 Å². The van der Waals surface area contributed by atoms with Crippen molar-refractivity contribution in [1.29, 1.82) is 0 Å². The van der Waals surface area contributed by atoms with E-state index < -0.39 is 6.29 Å². The van der Waals surface area contributed by atoms with Crippen LogP contribution in [0.1, 0.15) is 32.6 Å². The Morgan fingerprint density at radius 2 is 2.17 bits per heavy atom. The second-order valence-corrected chi connectivity index (χ2v) is 4.36. The van der Waals surface area contributed by atoms with E-state index in [1.165, 1.54) is 19.3 Å². The fourth-order valence-electron chi connectivity index (χ4n) is 2.74. The monoisotopic (exact) mass is 170 g/mol. The van der Waals surface area contributed by atoms with Crippen molar-refractivity contribution in [2.24, 2.45) is 17.8 Å². The van der Waals surface area contributed by atoms with Gasteiger partial charge in [0.1, 0.15) is 0 Å². The van der Waals surface area contributed by atoms with Crippen LogP contribution in [0.25, 0.3) is 0 Å². The van der Waals surface area contributed by atoms with Gasteiger partial charge in [-0.3, -0.25) is 0 Å². The number of hydrogen-bond donors (Lipinski definition) is 1. The fourth-order valence-corrected chi connectivity index (χ4v) is 2.74. The molecule has 2 heteroatoms. The van der Waals surface area contributed by atoms with Crippen molar-refractivity contribution in [2.45, 2.75) is 38.9 Å². The molecule has 1 aliphatic heterocycles. The Balaban J connectivity index is 1.99. The smallest absolute Gasteiger partial charge is 0.154 e. The van der Waals surface area contributed by atoms with Crippen molar-refractivity contribution in [2.75, 3.05) is 6.61 Å². The molecule has 0 spiro atoms. The van der Waals surface area contributed by atoms with Gasteiger partial charge in [0.05, 0.1) is 6.61 Å². The van der Waals surface area contributed by atoms with Crippen LogP contribution >= 0.6 is 0 Å². The lowest BCUT2D eigenvalue weighted by Crippen LogP contribution is -2.39. The van der Waals surface area contributed by atoms with Gasteiger partial charge in [-0.25, -0.2) is 0 Å². The highest BCUT2D eigenvalue weighted by Gasteiger charge is 2.35. The fraction of sp³-hybridized carbons (Fsp3) is 1.00. The minimum Gasteiger partial charge on any atom is -0.368 e. The van der Waals surface area contributed by atoms with Crippen LogP contribution in [-0.2, 0) is 4.74 Å². The van der Waals surface area contributed by atoms with E-state index in [1.807, 2.05) is 0 Å². The van der Waals surface area contributed by atoms with E-state index in [-0.39, 0.29) is 0 Å². The normalized spacial score (nSPS) is 48.5. The van der Waals surface area contributed by atoms with Crippen LogP contribution in [-0.4, -0.2) is 18.0 Å². The van der Waals surface area contributed by atoms with Crippen LogP contribution < -0.4 is 0 Å². The molecule has 2 aliphatic rings. The number of ether oxygens (including phenoxy) is 1. The topological polar surface area (TPSA) is 29.5 Å². The Labute approximate surface area is 73.9 Å². The van der Waals surface area contributed by atoms with Gasteiger partial charge in [-0.2, -0.15) is 0 Å². The van der Waals surface area contributed by atoms with Gasteiger partial charge in [0.25, 0.3) is 0 Å². The van der Waals surface area contributed by atoms with E-state index in [4.69, 9.17) is 4.74 Å². The molecule has 1 saturated heterocycles. The Kier molecular flexibility index (Phi) is 2.37. The zero-order valence-corrected chi connectivity index (χ0v) is 7.70. The highest BCUT2D eigenvalue weighted by Crippen LogP contribution is 2.40. The van der Waals surface area contributed by atoms with Gasteiger partial charge in [-0.1, -0.05) is 19.8 Å². The van der Waals surface area contributed by atoms with E-state index in [0.717, 1.165) is 30.8 Å². The van der Waals surface area contributed by atoms with Crippen LogP contribution in [0.15, 0.2) is 0 Å². The first-order chi connectivity index (χ1) is 5.77. The van der Waals surface area contributed by atoms with Crippen LogP contribution in [0.2, 0.25) is 0 Å². The molecule has 1 heterocycles. The van der Waals surface area contributed by atoms with Gasteiger partial charge in [0, 0.05) is 6.42 Å². The molecule has 0 aromatic rings. The van der Waals surface area contributed by atoms with Crippen molar-refractivity contribution in [3.63, 3.8) is 0 Å². The van der Waals surface area contributed by atoms with E-state index in [1.54, 1.807) is 0 Å².